The number of aromatic nitrogens is 2. The minimum atomic E-state index is 1.18. The van der Waals surface area contributed by atoms with Crippen molar-refractivity contribution in [3.63, 3.8) is 0 Å². The molecule has 0 N–H and O–H groups in total. The smallest absolute Gasteiger partial charge is 0.0541 e. The standard InChI is InChI=1S/C43H30N2/c1-29-10-9-13-35(26-29)45-41-17-8-6-15-37(41)39-28-33(23-25-43(39)45)31-20-18-30(19-21-31)32-22-24-42-38(27-32)36-14-5-7-16-40(36)44(42)34-11-3-2-4-12-34/h2-28H,1H3. The van der Waals surface area contributed by atoms with Crippen LogP contribution in [-0.2, 0) is 0 Å². The molecule has 2 heterocycles. The van der Waals surface area contributed by atoms with Crippen LogP contribution in [0.3, 0.4) is 0 Å². The normalized spacial score (nSPS) is 11.7. The van der Waals surface area contributed by atoms with Crippen molar-refractivity contribution in [2.45, 2.75) is 6.92 Å². The zero-order valence-electron chi connectivity index (χ0n) is 25.0. The predicted octanol–water partition coefficient (Wildman–Crippen LogP) is 11.5. The third-order valence-corrected chi connectivity index (χ3v) is 9.17. The summed E-state index contributed by atoms with van der Waals surface area (Å²) in [5, 5.41) is 5.09. The van der Waals surface area contributed by atoms with Gasteiger partial charge >= 0.3 is 0 Å². The highest BCUT2D eigenvalue weighted by Gasteiger charge is 2.15. The second kappa shape index (κ2) is 10.1. The van der Waals surface area contributed by atoms with E-state index in [0.29, 0.717) is 0 Å². The van der Waals surface area contributed by atoms with Gasteiger partial charge in [-0.15, -0.1) is 0 Å². The van der Waals surface area contributed by atoms with Crippen molar-refractivity contribution in [3.05, 3.63) is 169 Å². The molecule has 0 amide bonds. The van der Waals surface area contributed by atoms with Gasteiger partial charge < -0.3 is 9.13 Å². The zero-order valence-corrected chi connectivity index (χ0v) is 25.0. The second-order valence-electron chi connectivity index (χ2n) is 11.9. The molecule has 0 fully saturated rings. The Morgan fingerprint density at radius 2 is 0.756 bits per heavy atom. The molecular weight excluding hydrogens is 544 g/mol. The molecule has 0 saturated carbocycles. The van der Waals surface area contributed by atoms with E-state index >= 15 is 0 Å². The van der Waals surface area contributed by atoms with Crippen LogP contribution in [0.1, 0.15) is 5.56 Å². The van der Waals surface area contributed by atoms with Crippen LogP contribution in [0.15, 0.2) is 164 Å². The van der Waals surface area contributed by atoms with Gasteiger partial charge in [0, 0.05) is 32.9 Å². The molecule has 0 bridgehead atoms. The lowest BCUT2D eigenvalue weighted by atomic mass is 9.98. The maximum atomic E-state index is 2.38. The van der Waals surface area contributed by atoms with Gasteiger partial charge in [0.25, 0.3) is 0 Å². The first-order valence-corrected chi connectivity index (χ1v) is 15.5. The summed E-state index contributed by atoms with van der Waals surface area (Å²) >= 11 is 0. The summed E-state index contributed by atoms with van der Waals surface area (Å²) in [6.45, 7) is 2.15. The highest BCUT2D eigenvalue weighted by atomic mass is 15.0. The van der Waals surface area contributed by atoms with Gasteiger partial charge in [0.2, 0.25) is 0 Å². The van der Waals surface area contributed by atoms with Crippen LogP contribution in [0.4, 0.5) is 0 Å². The Morgan fingerprint density at radius 3 is 1.31 bits per heavy atom. The first kappa shape index (κ1) is 25.6. The van der Waals surface area contributed by atoms with Gasteiger partial charge in [-0.3, -0.25) is 0 Å². The average molecular weight is 575 g/mol. The van der Waals surface area contributed by atoms with Gasteiger partial charge in [0.1, 0.15) is 0 Å². The lowest BCUT2D eigenvalue weighted by molar-refractivity contribution is 1.17. The van der Waals surface area contributed by atoms with Crippen molar-refractivity contribution in [1.82, 2.24) is 9.13 Å². The van der Waals surface area contributed by atoms with E-state index in [0.717, 1.165) is 0 Å². The molecule has 0 aliphatic rings. The average Bonchev–Trinajstić information content (AvgIpc) is 3.61. The van der Waals surface area contributed by atoms with Crippen LogP contribution in [0.5, 0.6) is 0 Å². The van der Waals surface area contributed by atoms with Crippen LogP contribution >= 0.6 is 0 Å². The molecular formula is C43H30N2. The predicted molar refractivity (Wildman–Crippen MR) is 191 cm³/mol. The summed E-state index contributed by atoms with van der Waals surface area (Å²) in [5.41, 5.74) is 13.4. The van der Waals surface area contributed by atoms with Crippen LogP contribution in [0, 0.1) is 6.92 Å². The Kier molecular flexibility index (Phi) is 5.76. The third-order valence-electron chi connectivity index (χ3n) is 9.17. The fourth-order valence-corrected chi connectivity index (χ4v) is 7.06. The number of para-hydroxylation sites is 3. The summed E-state index contributed by atoms with van der Waals surface area (Å²) < 4.78 is 4.75. The quantitative estimate of drug-likeness (QED) is 0.198. The molecule has 0 aliphatic carbocycles. The van der Waals surface area contributed by atoms with E-state index in [1.807, 2.05) is 0 Å². The molecule has 45 heavy (non-hydrogen) atoms. The third kappa shape index (κ3) is 4.11. The van der Waals surface area contributed by atoms with Crippen molar-refractivity contribution < 1.29 is 0 Å². The van der Waals surface area contributed by atoms with E-state index in [4.69, 9.17) is 0 Å². The van der Waals surface area contributed by atoms with E-state index in [-0.39, 0.29) is 0 Å². The zero-order chi connectivity index (χ0) is 29.9. The van der Waals surface area contributed by atoms with Gasteiger partial charge in [0.05, 0.1) is 22.1 Å². The number of fused-ring (bicyclic) bond motifs is 6. The van der Waals surface area contributed by atoms with E-state index in [2.05, 4.69) is 180 Å². The molecule has 212 valence electrons. The molecule has 0 saturated heterocycles. The molecule has 2 heteroatoms. The molecule has 2 aromatic heterocycles. The molecule has 0 aliphatic heterocycles. The van der Waals surface area contributed by atoms with Gasteiger partial charge in [-0.25, -0.2) is 0 Å². The van der Waals surface area contributed by atoms with Crippen molar-refractivity contribution >= 4 is 43.6 Å². The van der Waals surface area contributed by atoms with Crippen LogP contribution < -0.4 is 0 Å². The number of nitrogens with zero attached hydrogens (tertiary/aromatic N) is 2. The molecule has 2 nitrogen and oxygen atoms in total. The monoisotopic (exact) mass is 574 g/mol. The summed E-state index contributed by atoms with van der Waals surface area (Å²) in [6, 6.07) is 59.6. The molecule has 0 unspecified atom stereocenters. The Balaban J connectivity index is 1.12. The Bertz CT molecular complexity index is 2530. The minimum Gasteiger partial charge on any atom is -0.309 e. The summed E-state index contributed by atoms with van der Waals surface area (Å²) in [7, 11) is 0. The Morgan fingerprint density at radius 1 is 0.311 bits per heavy atom. The van der Waals surface area contributed by atoms with Gasteiger partial charge in [0.15, 0.2) is 0 Å². The van der Waals surface area contributed by atoms with Crippen molar-refractivity contribution in [3.8, 4) is 33.6 Å². The highest BCUT2D eigenvalue weighted by molar-refractivity contribution is 6.11. The van der Waals surface area contributed by atoms with Crippen LogP contribution in [0.25, 0.3) is 77.2 Å². The largest absolute Gasteiger partial charge is 0.309 e. The lowest BCUT2D eigenvalue weighted by Crippen LogP contribution is -1.94. The number of hydrogen-bond donors (Lipinski definition) is 0. The van der Waals surface area contributed by atoms with E-state index < -0.39 is 0 Å². The highest BCUT2D eigenvalue weighted by Crippen LogP contribution is 2.37. The molecule has 7 aromatic carbocycles. The van der Waals surface area contributed by atoms with E-state index in [1.165, 1.54) is 82.8 Å². The topological polar surface area (TPSA) is 9.86 Å². The Hall–Kier alpha value is -5.86. The minimum absolute atomic E-state index is 1.18. The summed E-state index contributed by atoms with van der Waals surface area (Å²) in [5.74, 6) is 0. The number of aryl methyl sites for hydroxylation is 1. The number of rotatable bonds is 4. The number of benzene rings is 7. The van der Waals surface area contributed by atoms with Crippen molar-refractivity contribution in [2.75, 3.05) is 0 Å². The number of hydrogen-bond acceptors (Lipinski definition) is 0. The fourth-order valence-electron chi connectivity index (χ4n) is 7.06. The maximum absolute atomic E-state index is 2.38. The second-order valence-corrected chi connectivity index (χ2v) is 11.9. The van der Waals surface area contributed by atoms with Crippen molar-refractivity contribution in [2.24, 2.45) is 0 Å². The molecule has 0 atom stereocenters. The molecule has 0 spiro atoms. The summed E-state index contributed by atoms with van der Waals surface area (Å²) in [4.78, 5) is 0. The van der Waals surface area contributed by atoms with Crippen LogP contribution in [-0.4, -0.2) is 9.13 Å². The van der Waals surface area contributed by atoms with Crippen molar-refractivity contribution in [1.29, 1.82) is 0 Å². The fraction of sp³-hybridized carbons (Fsp3) is 0.0233. The molecule has 0 radical (unpaired) electrons. The van der Waals surface area contributed by atoms with E-state index in [1.54, 1.807) is 0 Å². The first-order chi connectivity index (χ1) is 22.2. The van der Waals surface area contributed by atoms with Crippen LogP contribution in [0.2, 0.25) is 0 Å². The summed E-state index contributed by atoms with van der Waals surface area (Å²) in [6.07, 6.45) is 0. The van der Waals surface area contributed by atoms with E-state index in [9.17, 15) is 0 Å². The lowest BCUT2D eigenvalue weighted by Gasteiger charge is -2.10. The van der Waals surface area contributed by atoms with Gasteiger partial charge in [-0.05, 0) is 95.4 Å². The van der Waals surface area contributed by atoms with Gasteiger partial charge in [-0.1, -0.05) is 103 Å². The van der Waals surface area contributed by atoms with Gasteiger partial charge in [-0.2, -0.15) is 0 Å². The maximum Gasteiger partial charge on any atom is 0.0541 e. The molecule has 9 aromatic rings. The molecule has 9 rings (SSSR count). The SMILES string of the molecule is Cc1cccc(-n2c3ccccc3c3cc(-c4ccc(-c5ccc6c(c5)c5ccccc5n6-c5ccccc5)cc4)ccc32)c1. The first-order valence-electron chi connectivity index (χ1n) is 15.5. The Labute approximate surface area is 262 Å².